The highest BCUT2D eigenvalue weighted by molar-refractivity contribution is 4.85. The third-order valence-corrected chi connectivity index (χ3v) is 4.68. The van der Waals surface area contributed by atoms with E-state index in [-0.39, 0.29) is 0 Å². The molecule has 0 aliphatic carbocycles. The van der Waals surface area contributed by atoms with E-state index in [1.807, 2.05) is 0 Å². The molecule has 2 fully saturated rings. The van der Waals surface area contributed by atoms with Crippen LogP contribution in [0.5, 0.6) is 0 Å². The lowest BCUT2D eigenvalue weighted by Crippen LogP contribution is -2.47. The van der Waals surface area contributed by atoms with Gasteiger partial charge >= 0.3 is 0 Å². The Morgan fingerprint density at radius 2 is 2.17 bits per heavy atom. The Bertz CT molecular complexity index is 243. The van der Waals surface area contributed by atoms with Crippen molar-refractivity contribution in [1.29, 1.82) is 0 Å². The van der Waals surface area contributed by atoms with Gasteiger partial charge in [0.25, 0.3) is 0 Å². The lowest BCUT2D eigenvalue weighted by Gasteiger charge is -2.34. The van der Waals surface area contributed by atoms with Gasteiger partial charge < -0.3 is 15.0 Å². The van der Waals surface area contributed by atoms with E-state index in [1.54, 1.807) is 0 Å². The van der Waals surface area contributed by atoms with Crippen LogP contribution in [-0.2, 0) is 4.74 Å². The first-order valence-electron chi connectivity index (χ1n) is 7.74. The predicted molar refractivity (Wildman–Crippen MR) is 75.8 cm³/mol. The van der Waals surface area contributed by atoms with Gasteiger partial charge in [-0.1, -0.05) is 20.8 Å². The van der Waals surface area contributed by atoms with Gasteiger partial charge in [0.05, 0.1) is 6.61 Å². The van der Waals surface area contributed by atoms with Crippen molar-refractivity contribution in [2.75, 3.05) is 39.4 Å². The van der Waals surface area contributed by atoms with Crippen LogP contribution in [0.25, 0.3) is 0 Å². The van der Waals surface area contributed by atoms with E-state index in [0.717, 1.165) is 31.6 Å². The van der Waals surface area contributed by atoms with Gasteiger partial charge in [0.1, 0.15) is 0 Å². The van der Waals surface area contributed by atoms with Crippen LogP contribution in [0, 0.1) is 17.8 Å². The first-order valence-corrected chi connectivity index (χ1v) is 7.74. The number of ether oxygens (including phenoxy) is 1. The molecule has 1 N–H and O–H groups in total. The summed E-state index contributed by atoms with van der Waals surface area (Å²) in [5.41, 5.74) is 0. The van der Waals surface area contributed by atoms with Gasteiger partial charge in [-0.3, -0.25) is 0 Å². The van der Waals surface area contributed by atoms with Gasteiger partial charge in [-0.25, -0.2) is 0 Å². The predicted octanol–water partition coefficient (Wildman–Crippen LogP) is 1.98. The van der Waals surface area contributed by atoms with Gasteiger partial charge in [0, 0.05) is 31.7 Å². The number of hydrogen-bond donors (Lipinski definition) is 1. The Morgan fingerprint density at radius 1 is 1.33 bits per heavy atom. The zero-order valence-corrected chi connectivity index (χ0v) is 12.3. The molecule has 2 saturated heterocycles. The maximum absolute atomic E-state index is 5.68. The molecule has 0 aromatic rings. The zero-order valence-electron chi connectivity index (χ0n) is 12.3. The van der Waals surface area contributed by atoms with E-state index >= 15 is 0 Å². The van der Waals surface area contributed by atoms with E-state index < -0.39 is 0 Å². The van der Waals surface area contributed by atoms with E-state index in [1.165, 1.54) is 32.5 Å². The van der Waals surface area contributed by atoms with E-state index in [0.29, 0.717) is 12.0 Å². The first-order chi connectivity index (χ1) is 8.70. The van der Waals surface area contributed by atoms with Crippen LogP contribution in [0.1, 0.15) is 33.6 Å². The van der Waals surface area contributed by atoms with Crippen LogP contribution in [-0.4, -0.2) is 50.3 Å². The molecule has 0 aromatic heterocycles. The highest BCUT2D eigenvalue weighted by Gasteiger charge is 2.30. The van der Waals surface area contributed by atoms with Crippen molar-refractivity contribution in [3.8, 4) is 0 Å². The lowest BCUT2D eigenvalue weighted by atomic mass is 9.94. The molecule has 3 nitrogen and oxygen atoms in total. The Morgan fingerprint density at radius 3 is 2.83 bits per heavy atom. The Hall–Kier alpha value is -0.120. The van der Waals surface area contributed by atoms with Gasteiger partial charge in [0.15, 0.2) is 0 Å². The molecule has 106 valence electrons. The molecule has 2 aliphatic heterocycles. The minimum absolute atomic E-state index is 0.668. The summed E-state index contributed by atoms with van der Waals surface area (Å²) in [6, 6.07) is 0.668. The molecule has 3 atom stereocenters. The summed E-state index contributed by atoms with van der Waals surface area (Å²) < 4.78 is 5.68. The molecule has 0 amide bonds. The summed E-state index contributed by atoms with van der Waals surface area (Å²) in [7, 11) is 0. The third kappa shape index (κ3) is 3.69. The SMILES string of the molecule is CCNC1CCOCC1CN1CCC(C(C)C)C1. The monoisotopic (exact) mass is 254 g/mol. The van der Waals surface area contributed by atoms with Crippen LogP contribution in [0.15, 0.2) is 0 Å². The minimum atomic E-state index is 0.668. The third-order valence-electron chi connectivity index (χ3n) is 4.68. The summed E-state index contributed by atoms with van der Waals surface area (Å²) in [5, 5.41) is 3.64. The van der Waals surface area contributed by atoms with Crippen molar-refractivity contribution in [3.05, 3.63) is 0 Å². The highest BCUT2D eigenvalue weighted by atomic mass is 16.5. The Kier molecular flexibility index (Phi) is 5.46. The molecule has 0 bridgehead atoms. The number of hydrogen-bond acceptors (Lipinski definition) is 3. The van der Waals surface area contributed by atoms with Crippen molar-refractivity contribution in [3.63, 3.8) is 0 Å². The van der Waals surface area contributed by atoms with Crippen molar-refractivity contribution >= 4 is 0 Å². The average molecular weight is 254 g/mol. The maximum Gasteiger partial charge on any atom is 0.0521 e. The van der Waals surface area contributed by atoms with Crippen LogP contribution in [0.3, 0.4) is 0 Å². The second kappa shape index (κ2) is 6.88. The molecular formula is C15H30N2O. The molecular weight excluding hydrogens is 224 g/mol. The smallest absolute Gasteiger partial charge is 0.0521 e. The van der Waals surface area contributed by atoms with Gasteiger partial charge in [-0.2, -0.15) is 0 Å². The number of rotatable bonds is 5. The molecule has 3 heteroatoms. The van der Waals surface area contributed by atoms with Crippen molar-refractivity contribution in [1.82, 2.24) is 10.2 Å². The molecule has 2 heterocycles. The average Bonchev–Trinajstić information content (AvgIpc) is 2.81. The van der Waals surface area contributed by atoms with Crippen LogP contribution in [0.4, 0.5) is 0 Å². The summed E-state index contributed by atoms with van der Waals surface area (Å²) >= 11 is 0. The molecule has 0 radical (unpaired) electrons. The van der Waals surface area contributed by atoms with Crippen molar-refractivity contribution in [2.45, 2.75) is 39.7 Å². The Labute approximate surface area is 112 Å². The molecule has 18 heavy (non-hydrogen) atoms. The normalized spacial score (nSPS) is 34.3. The number of nitrogens with one attached hydrogen (secondary N) is 1. The van der Waals surface area contributed by atoms with Crippen LogP contribution < -0.4 is 5.32 Å². The topological polar surface area (TPSA) is 24.5 Å². The Balaban J connectivity index is 1.80. The largest absolute Gasteiger partial charge is 0.381 e. The highest BCUT2D eigenvalue weighted by Crippen LogP contribution is 2.25. The summed E-state index contributed by atoms with van der Waals surface area (Å²) in [6.45, 7) is 13.7. The molecule has 0 saturated carbocycles. The van der Waals surface area contributed by atoms with Crippen molar-refractivity contribution in [2.24, 2.45) is 17.8 Å². The van der Waals surface area contributed by atoms with Gasteiger partial charge in [-0.15, -0.1) is 0 Å². The maximum atomic E-state index is 5.68. The summed E-state index contributed by atoms with van der Waals surface area (Å²) in [4.78, 5) is 2.66. The number of nitrogens with zero attached hydrogens (tertiary/aromatic N) is 1. The second-order valence-electron chi connectivity index (χ2n) is 6.34. The fraction of sp³-hybridized carbons (Fsp3) is 1.00. The summed E-state index contributed by atoms with van der Waals surface area (Å²) in [5.74, 6) is 2.43. The lowest BCUT2D eigenvalue weighted by molar-refractivity contribution is 0.0193. The van der Waals surface area contributed by atoms with E-state index in [4.69, 9.17) is 4.74 Å². The standard InChI is InChI=1S/C15H30N2O/c1-4-16-15-6-8-18-11-14(15)10-17-7-5-13(9-17)12(2)3/h12-16H,4-11H2,1-3H3. The van der Waals surface area contributed by atoms with Gasteiger partial charge in [0.2, 0.25) is 0 Å². The fourth-order valence-corrected chi connectivity index (χ4v) is 3.41. The van der Waals surface area contributed by atoms with Gasteiger partial charge in [-0.05, 0) is 37.8 Å². The molecule has 0 aromatic carbocycles. The van der Waals surface area contributed by atoms with E-state index in [9.17, 15) is 0 Å². The second-order valence-corrected chi connectivity index (χ2v) is 6.34. The fourth-order valence-electron chi connectivity index (χ4n) is 3.41. The van der Waals surface area contributed by atoms with E-state index in [2.05, 4.69) is 31.0 Å². The quantitative estimate of drug-likeness (QED) is 0.812. The van der Waals surface area contributed by atoms with Crippen molar-refractivity contribution < 1.29 is 4.74 Å². The van der Waals surface area contributed by atoms with Crippen LogP contribution in [0.2, 0.25) is 0 Å². The number of likely N-dealkylation sites (tertiary alicyclic amines) is 1. The summed E-state index contributed by atoms with van der Waals surface area (Å²) in [6.07, 6.45) is 2.57. The molecule has 3 unspecified atom stereocenters. The molecule has 0 spiro atoms. The first kappa shape index (κ1) is 14.3. The molecule has 2 rings (SSSR count). The zero-order chi connectivity index (χ0) is 13.0. The van der Waals surface area contributed by atoms with Crippen LogP contribution >= 0.6 is 0 Å². The minimum Gasteiger partial charge on any atom is -0.381 e. The molecule has 2 aliphatic rings.